The van der Waals surface area contributed by atoms with Crippen molar-refractivity contribution in [3.8, 4) is 16.8 Å². The molecule has 0 aliphatic heterocycles. The van der Waals surface area contributed by atoms with Crippen LogP contribution >= 0.6 is 0 Å². The van der Waals surface area contributed by atoms with Gasteiger partial charge in [0.1, 0.15) is 0 Å². The van der Waals surface area contributed by atoms with Gasteiger partial charge in [0.2, 0.25) is 15.7 Å². The maximum atomic E-state index is 11.4. The lowest BCUT2D eigenvalue weighted by Gasteiger charge is -2.17. The number of benzene rings is 2. The summed E-state index contributed by atoms with van der Waals surface area (Å²) in [4.78, 5) is 0.114. The van der Waals surface area contributed by atoms with Crippen molar-refractivity contribution in [2.45, 2.75) is 18.7 Å². The van der Waals surface area contributed by atoms with Crippen molar-refractivity contribution in [3.05, 3.63) is 78.1 Å². The van der Waals surface area contributed by atoms with Crippen LogP contribution < -0.4 is 28.3 Å². The highest BCUT2D eigenvalue weighted by molar-refractivity contribution is 7.89. The maximum absolute atomic E-state index is 11.4. The Balaban J connectivity index is 0.000000537. The summed E-state index contributed by atoms with van der Waals surface area (Å²) in [6, 6.07) is 21.0. The molecule has 0 spiro atoms. The van der Waals surface area contributed by atoms with E-state index in [9.17, 15) is 8.42 Å². The summed E-state index contributed by atoms with van der Waals surface area (Å²) in [7, 11) is -8.62. The average molecular weight is 439 g/mol. The van der Waals surface area contributed by atoms with Crippen LogP contribution in [0.25, 0.3) is 16.8 Å². The quantitative estimate of drug-likeness (QED) is 0.472. The fourth-order valence-electron chi connectivity index (χ4n) is 2.89. The van der Waals surface area contributed by atoms with Crippen molar-refractivity contribution < 1.29 is 41.9 Å². The highest BCUT2D eigenvalue weighted by Gasteiger charge is 2.17. The molecule has 2 N–H and O–H groups in total. The van der Waals surface area contributed by atoms with Crippen LogP contribution in [-0.2, 0) is 10.0 Å². The normalized spacial score (nSPS) is 11.6. The zero-order valence-electron chi connectivity index (χ0n) is 15.6. The fourth-order valence-corrected chi connectivity index (χ4v) is 3.40. The van der Waals surface area contributed by atoms with Gasteiger partial charge in [0, 0.05) is 38.1 Å². The maximum Gasteiger partial charge on any atom is 0.238 e. The van der Waals surface area contributed by atoms with E-state index in [1.54, 1.807) is 12.1 Å². The lowest BCUT2D eigenvalue weighted by Crippen LogP contribution is -2.68. The standard InChI is InChI=1S/C19H19N2O2S.ClHO4/c1-14-12-17(16-6-4-3-5-7-16)13-15(2)21(14)18-8-10-19(11-9-18)24(20,22)23;2-1(3,4)5/h3-13H,1-2H3,(H2,20,22,23);(H,2,3,4,5)/q+1;/p-1. The van der Waals surface area contributed by atoms with Crippen LogP contribution in [0.4, 0.5) is 0 Å². The van der Waals surface area contributed by atoms with Gasteiger partial charge in [-0.15, -0.1) is 10.2 Å². The molecule has 3 aromatic rings. The first-order valence-electron chi connectivity index (χ1n) is 8.20. The molecule has 0 aliphatic rings. The third kappa shape index (κ3) is 6.87. The first kappa shape index (κ1) is 22.9. The molecule has 0 saturated heterocycles. The Morgan fingerprint density at radius 2 is 1.24 bits per heavy atom. The molecule has 1 aromatic heterocycles. The van der Waals surface area contributed by atoms with Gasteiger partial charge in [0.25, 0.3) is 0 Å². The second kappa shape index (κ2) is 8.97. The van der Waals surface area contributed by atoms with E-state index >= 15 is 0 Å². The third-order valence-electron chi connectivity index (χ3n) is 3.96. The Hall–Kier alpha value is -2.37. The number of aryl methyl sites for hydroxylation is 2. The molecule has 0 atom stereocenters. The molecule has 2 aromatic carbocycles. The predicted octanol–water partition coefficient (Wildman–Crippen LogP) is -1.86. The largest absolute Gasteiger partial charge is 0.238 e. The Kier molecular flexibility index (Phi) is 7.09. The highest BCUT2D eigenvalue weighted by atomic mass is 35.7. The lowest BCUT2D eigenvalue weighted by molar-refractivity contribution is -2.00. The van der Waals surface area contributed by atoms with Gasteiger partial charge in [-0.25, -0.2) is 32.2 Å². The van der Waals surface area contributed by atoms with Gasteiger partial charge in [0.15, 0.2) is 11.4 Å². The van der Waals surface area contributed by atoms with Crippen LogP contribution in [0.5, 0.6) is 0 Å². The van der Waals surface area contributed by atoms with E-state index in [1.165, 1.54) is 17.7 Å². The van der Waals surface area contributed by atoms with Crippen LogP contribution in [0, 0.1) is 24.1 Å². The molecule has 0 amide bonds. The third-order valence-corrected chi connectivity index (χ3v) is 4.89. The van der Waals surface area contributed by atoms with Gasteiger partial charge in [-0.05, 0) is 23.3 Å². The molecule has 0 fully saturated rings. The topological polar surface area (TPSA) is 156 Å². The Labute approximate surface area is 170 Å². The molecule has 154 valence electrons. The van der Waals surface area contributed by atoms with E-state index < -0.39 is 20.3 Å². The summed E-state index contributed by atoms with van der Waals surface area (Å²) in [5.74, 6) is 0. The molecule has 0 saturated carbocycles. The number of rotatable bonds is 3. The van der Waals surface area contributed by atoms with Gasteiger partial charge < -0.3 is 0 Å². The van der Waals surface area contributed by atoms with Crippen molar-refractivity contribution in [2.75, 3.05) is 0 Å². The highest BCUT2D eigenvalue weighted by Crippen LogP contribution is 2.21. The summed E-state index contributed by atoms with van der Waals surface area (Å²) in [5, 5.41) is 5.16. The summed E-state index contributed by atoms with van der Waals surface area (Å²) >= 11 is 0. The number of halogens is 1. The minimum atomic E-state index is -4.94. The molecule has 10 heteroatoms. The second-order valence-electron chi connectivity index (χ2n) is 6.15. The Bertz CT molecular complexity index is 1050. The first-order valence-corrected chi connectivity index (χ1v) is 11.0. The van der Waals surface area contributed by atoms with Gasteiger partial charge in [-0.1, -0.05) is 30.3 Å². The molecule has 0 aliphatic carbocycles. The van der Waals surface area contributed by atoms with Gasteiger partial charge in [0.05, 0.1) is 4.90 Å². The molecule has 8 nitrogen and oxygen atoms in total. The van der Waals surface area contributed by atoms with Crippen LogP contribution in [0.2, 0.25) is 0 Å². The van der Waals surface area contributed by atoms with Crippen LogP contribution in [0.15, 0.2) is 71.6 Å². The summed E-state index contributed by atoms with van der Waals surface area (Å²) in [6.45, 7) is 4.07. The molecular weight excluding hydrogens is 420 g/mol. The molecule has 0 bridgehead atoms. The van der Waals surface area contributed by atoms with Crippen molar-refractivity contribution in [2.24, 2.45) is 5.14 Å². The number of nitrogens with zero attached hydrogens (tertiary/aromatic N) is 1. The number of pyridine rings is 1. The van der Waals surface area contributed by atoms with Gasteiger partial charge in [-0.2, -0.15) is 4.57 Å². The zero-order chi connectivity index (χ0) is 21.8. The van der Waals surface area contributed by atoms with E-state index in [2.05, 4.69) is 28.8 Å². The molecule has 29 heavy (non-hydrogen) atoms. The zero-order valence-corrected chi connectivity index (χ0v) is 17.2. The minimum Gasteiger partial charge on any atom is -0.225 e. The van der Waals surface area contributed by atoms with Crippen molar-refractivity contribution in [1.82, 2.24) is 0 Å². The predicted molar refractivity (Wildman–Crippen MR) is 94.3 cm³/mol. The van der Waals surface area contributed by atoms with Crippen molar-refractivity contribution in [1.29, 1.82) is 0 Å². The van der Waals surface area contributed by atoms with Crippen molar-refractivity contribution >= 4 is 10.0 Å². The number of primary sulfonamides is 1. The molecule has 3 rings (SSSR count). The number of aromatic nitrogens is 1. The molecule has 1 heterocycles. The smallest absolute Gasteiger partial charge is 0.225 e. The second-order valence-corrected chi connectivity index (χ2v) is 8.46. The van der Waals surface area contributed by atoms with E-state index in [1.807, 2.05) is 32.0 Å². The summed E-state index contributed by atoms with van der Waals surface area (Å²) in [6.07, 6.45) is 0. The van der Waals surface area contributed by atoms with E-state index in [4.69, 9.17) is 23.8 Å². The Morgan fingerprint density at radius 3 is 1.66 bits per heavy atom. The number of hydrogen-bond donors (Lipinski definition) is 1. The average Bonchev–Trinajstić information content (AvgIpc) is 2.60. The van der Waals surface area contributed by atoms with E-state index in [-0.39, 0.29) is 4.90 Å². The SMILES string of the molecule is Cc1cc(-c2ccccc2)cc(C)[n+]1-c1ccc(S(N)(=O)=O)cc1.[O-][Cl+3]([O-])([O-])[O-]. The number of hydrogen-bond acceptors (Lipinski definition) is 6. The molecule has 0 unspecified atom stereocenters. The van der Waals surface area contributed by atoms with Gasteiger partial charge >= 0.3 is 0 Å². The van der Waals surface area contributed by atoms with E-state index in [0.717, 1.165) is 22.6 Å². The lowest BCUT2D eigenvalue weighted by atomic mass is 10.0. The van der Waals surface area contributed by atoms with Crippen LogP contribution in [0.3, 0.4) is 0 Å². The fraction of sp³-hybridized carbons (Fsp3) is 0.105. The van der Waals surface area contributed by atoms with E-state index in [0.29, 0.717) is 0 Å². The molecular formula is C19H19ClN2O6S. The number of sulfonamides is 1. The summed E-state index contributed by atoms with van der Waals surface area (Å²) < 4.78 is 58.8. The van der Waals surface area contributed by atoms with Crippen LogP contribution in [0.1, 0.15) is 11.4 Å². The Morgan fingerprint density at radius 1 is 0.793 bits per heavy atom. The first-order chi connectivity index (χ1) is 13.4. The monoisotopic (exact) mass is 438 g/mol. The number of nitrogens with two attached hydrogens (primary N) is 1. The molecule has 0 radical (unpaired) electrons. The summed E-state index contributed by atoms with van der Waals surface area (Å²) in [5.41, 5.74) is 5.36. The van der Waals surface area contributed by atoms with Crippen LogP contribution in [-0.4, -0.2) is 8.42 Å². The minimum absolute atomic E-state index is 0.114. The van der Waals surface area contributed by atoms with Gasteiger partial charge in [-0.3, -0.25) is 0 Å². The van der Waals surface area contributed by atoms with Crippen molar-refractivity contribution in [3.63, 3.8) is 0 Å².